The van der Waals surface area contributed by atoms with Gasteiger partial charge in [0.1, 0.15) is 5.75 Å². The lowest BCUT2D eigenvalue weighted by Crippen LogP contribution is -2.47. The summed E-state index contributed by atoms with van der Waals surface area (Å²) in [5.41, 5.74) is 6.83. The van der Waals surface area contributed by atoms with Gasteiger partial charge in [0.15, 0.2) is 6.10 Å². The van der Waals surface area contributed by atoms with Gasteiger partial charge >= 0.3 is 0 Å². The Balaban J connectivity index is 1.54. The predicted molar refractivity (Wildman–Crippen MR) is 111 cm³/mol. The van der Waals surface area contributed by atoms with E-state index in [-0.39, 0.29) is 16.5 Å². The number of amides is 2. The van der Waals surface area contributed by atoms with Gasteiger partial charge in [-0.05, 0) is 75.1 Å². The van der Waals surface area contributed by atoms with E-state index in [1.807, 2.05) is 26.0 Å². The minimum absolute atomic E-state index is 0.000912. The van der Waals surface area contributed by atoms with Gasteiger partial charge in [0, 0.05) is 11.6 Å². The van der Waals surface area contributed by atoms with Gasteiger partial charge in [-0.2, -0.15) is 0 Å². The quantitative estimate of drug-likeness (QED) is 0.580. The van der Waals surface area contributed by atoms with E-state index < -0.39 is 27.9 Å². The van der Waals surface area contributed by atoms with Crippen LogP contribution in [-0.4, -0.2) is 32.4 Å². The van der Waals surface area contributed by atoms with E-state index >= 15 is 0 Å². The molecule has 1 fully saturated rings. The summed E-state index contributed by atoms with van der Waals surface area (Å²) in [5.74, 6) is -0.487. The topological polar surface area (TPSA) is 114 Å². The number of rotatable bonds is 7. The van der Waals surface area contributed by atoms with E-state index in [2.05, 4.69) is 15.6 Å². The molecular weight excluding hydrogens is 406 g/mol. The van der Waals surface area contributed by atoms with E-state index in [0.717, 1.165) is 24.0 Å². The van der Waals surface area contributed by atoms with E-state index in [9.17, 15) is 18.0 Å². The van der Waals surface area contributed by atoms with Crippen LogP contribution in [0.25, 0.3) is 0 Å². The average Bonchev–Trinajstić information content (AvgIpc) is 3.52. The highest BCUT2D eigenvalue weighted by atomic mass is 32.2. The van der Waals surface area contributed by atoms with Crippen molar-refractivity contribution in [1.82, 2.24) is 15.6 Å². The van der Waals surface area contributed by atoms with Crippen LogP contribution in [0.2, 0.25) is 0 Å². The number of aryl methyl sites for hydroxylation is 1. The Morgan fingerprint density at radius 3 is 2.33 bits per heavy atom. The predicted octanol–water partition coefficient (Wildman–Crippen LogP) is 1.97. The van der Waals surface area contributed by atoms with E-state index in [1.54, 1.807) is 13.0 Å². The van der Waals surface area contributed by atoms with Gasteiger partial charge in [-0.25, -0.2) is 13.1 Å². The molecule has 0 aliphatic heterocycles. The van der Waals surface area contributed by atoms with Crippen molar-refractivity contribution in [2.75, 3.05) is 0 Å². The van der Waals surface area contributed by atoms with Crippen LogP contribution in [0.15, 0.2) is 47.4 Å². The number of hydrazine groups is 1. The number of hydrogen-bond acceptors (Lipinski definition) is 5. The van der Waals surface area contributed by atoms with Gasteiger partial charge in [0.2, 0.25) is 10.0 Å². The van der Waals surface area contributed by atoms with Gasteiger partial charge in [-0.3, -0.25) is 20.4 Å². The molecule has 8 nitrogen and oxygen atoms in total. The number of carbonyl (C=O) groups is 2. The van der Waals surface area contributed by atoms with Crippen LogP contribution in [-0.2, 0) is 14.8 Å². The maximum atomic E-state index is 12.2. The first-order valence-electron chi connectivity index (χ1n) is 9.63. The molecule has 30 heavy (non-hydrogen) atoms. The lowest BCUT2D eigenvalue weighted by atomic mass is 10.1. The molecule has 0 saturated heterocycles. The zero-order valence-corrected chi connectivity index (χ0v) is 17.9. The summed E-state index contributed by atoms with van der Waals surface area (Å²) >= 11 is 0. The second kappa shape index (κ2) is 8.85. The highest BCUT2D eigenvalue weighted by Gasteiger charge is 2.28. The Bertz CT molecular complexity index is 1050. The maximum absolute atomic E-state index is 12.2. The lowest BCUT2D eigenvalue weighted by Gasteiger charge is -2.17. The van der Waals surface area contributed by atoms with Crippen molar-refractivity contribution in [2.24, 2.45) is 0 Å². The first-order valence-corrected chi connectivity index (χ1v) is 11.1. The van der Waals surface area contributed by atoms with Crippen LogP contribution in [0.3, 0.4) is 0 Å². The second-order valence-corrected chi connectivity index (χ2v) is 9.04. The van der Waals surface area contributed by atoms with Crippen LogP contribution in [0.4, 0.5) is 0 Å². The van der Waals surface area contributed by atoms with Crippen molar-refractivity contribution in [1.29, 1.82) is 0 Å². The molecular formula is C21H25N3O5S. The monoisotopic (exact) mass is 431 g/mol. The van der Waals surface area contributed by atoms with Crippen molar-refractivity contribution in [3.63, 3.8) is 0 Å². The van der Waals surface area contributed by atoms with Gasteiger partial charge in [-0.1, -0.05) is 12.1 Å². The summed E-state index contributed by atoms with van der Waals surface area (Å²) in [6.45, 7) is 5.43. The fourth-order valence-electron chi connectivity index (χ4n) is 2.66. The van der Waals surface area contributed by atoms with Gasteiger partial charge in [-0.15, -0.1) is 0 Å². The number of benzene rings is 2. The van der Waals surface area contributed by atoms with Crippen LogP contribution >= 0.6 is 0 Å². The Morgan fingerprint density at radius 1 is 1.03 bits per heavy atom. The van der Waals surface area contributed by atoms with Gasteiger partial charge < -0.3 is 4.74 Å². The number of carbonyl (C=O) groups excluding carboxylic acids is 2. The normalized spacial score (nSPS) is 14.6. The first kappa shape index (κ1) is 21.8. The van der Waals surface area contributed by atoms with Crippen LogP contribution in [0.5, 0.6) is 5.75 Å². The molecule has 9 heteroatoms. The molecule has 2 aromatic carbocycles. The fourth-order valence-corrected chi connectivity index (χ4v) is 3.97. The Hall–Kier alpha value is -2.91. The molecule has 0 heterocycles. The van der Waals surface area contributed by atoms with Crippen LogP contribution < -0.4 is 20.3 Å². The minimum Gasteiger partial charge on any atom is -0.481 e. The van der Waals surface area contributed by atoms with Crippen molar-refractivity contribution in [3.05, 3.63) is 59.2 Å². The Kier molecular flexibility index (Phi) is 6.42. The number of ether oxygens (including phenoxy) is 1. The molecule has 3 N–H and O–H groups in total. The zero-order chi connectivity index (χ0) is 21.9. The molecule has 1 unspecified atom stereocenters. The second-order valence-electron chi connectivity index (χ2n) is 7.32. The maximum Gasteiger partial charge on any atom is 0.279 e. The van der Waals surface area contributed by atoms with Gasteiger partial charge in [0.25, 0.3) is 11.8 Å². The fraction of sp³-hybridized carbons (Fsp3) is 0.333. The summed E-state index contributed by atoms with van der Waals surface area (Å²) < 4.78 is 32.6. The van der Waals surface area contributed by atoms with E-state index in [0.29, 0.717) is 5.75 Å². The third-order valence-corrected chi connectivity index (χ3v) is 6.39. The Labute approximate surface area is 176 Å². The average molecular weight is 432 g/mol. The van der Waals surface area contributed by atoms with Crippen molar-refractivity contribution in [3.8, 4) is 5.75 Å². The third kappa shape index (κ3) is 5.37. The molecule has 2 amide bonds. The summed E-state index contributed by atoms with van der Waals surface area (Å²) in [4.78, 5) is 24.6. The molecule has 160 valence electrons. The molecule has 1 atom stereocenters. The number of sulfonamides is 1. The summed E-state index contributed by atoms with van der Waals surface area (Å²) in [5, 5.41) is 0. The third-order valence-electron chi connectivity index (χ3n) is 4.85. The lowest BCUT2D eigenvalue weighted by molar-refractivity contribution is -0.128. The molecule has 1 aliphatic rings. The molecule has 0 radical (unpaired) electrons. The van der Waals surface area contributed by atoms with Crippen molar-refractivity contribution >= 4 is 21.8 Å². The molecule has 2 aromatic rings. The number of hydrogen-bond donors (Lipinski definition) is 3. The smallest absolute Gasteiger partial charge is 0.279 e. The van der Waals surface area contributed by atoms with Crippen molar-refractivity contribution in [2.45, 2.75) is 50.7 Å². The highest BCUT2D eigenvalue weighted by Crippen LogP contribution is 2.23. The minimum atomic E-state index is -3.58. The molecule has 1 aliphatic carbocycles. The van der Waals surface area contributed by atoms with E-state index in [1.165, 1.54) is 24.3 Å². The van der Waals surface area contributed by atoms with Crippen LogP contribution in [0, 0.1) is 13.8 Å². The largest absolute Gasteiger partial charge is 0.481 e. The first-order chi connectivity index (χ1) is 14.2. The molecule has 3 rings (SSSR count). The zero-order valence-electron chi connectivity index (χ0n) is 17.1. The summed E-state index contributed by atoms with van der Waals surface area (Å²) in [7, 11) is -3.58. The van der Waals surface area contributed by atoms with Crippen molar-refractivity contribution < 1.29 is 22.7 Å². The molecule has 0 spiro atoms. The SMILES string of the molecule is Cc1cccc(OC(C)C(=O)NNC(=O)c2ccc(S(=O)(=O)NC3CC3)cc2)c1C. The molecule has 1 saturated carbocycles. The summed E-state index contributed by atoms with van der Waals surface area (Å²) in [6, 6.07) is 11.1. The molecule has 0 aromatic heterocycles. The summed E-state index contributed by atoms with van der Waals surface area (Å²) in [6.07, 6.45) is 0.850. The highest BCUT2D eigenvalue weighted by molar-refractivity contribution is 7.89. The van der Waals surface area contributed by atoms with Gasteiger partial charge in [0.05, 0.1) is 4.90 Å². The Morgan fingerprint density at radius 2 is 1.70 bits per heavy atom. The van der Waals surface area contributed by atoms with E-state index in [4.69, 9.17) is 4.74 Å². The standard InChI is InChI=1S/C21H25N3O5S/c1-13-5-4-6-19(14(13)2)29-15(3)20(25)22-23-21(26)16-7-11-18(12-8-16)30(27,28)24-17-9-10-17/h4-8,11-12,15,17,24H,9-10H2,1-3H3,(H,22,25)(H,23,26). The number of nitrogens with one attached hydrogen (secondary N) is 3. The van der Waals surface area contributed by atoms with Crippen LogP contribution in [0.1, 0.15) is 41.3 Å². The molecule has 0 bridgehead atoms.